The molecule has 2 aliphatic carbocycles. The Morgan fingerprint density at radius 1 is 1.28 bits per heavy atom. The van der Waals surface area contributed by atoms with E-state index in [-0.39, 0.29) is 0 Å². The molecular formula is C13H21N5. The average Bonchev–Trinajstić information content (AvgIpc) is 3.07. The molecule has 0 spiro atoms. The summed E-state index contributed by atoms with van der Waals surface area (Å²) in [5, 5.41) is 8.17. The Hall–Kier alpha value is -0.940. The Morgan fingerprint density at radius 2 is 2.17 bits per heavy atom. The highest BCUT2D eigenvalue weighted by Crippen LogP contribution is 2.47. The van der Waals surface area contributed by atoms with Crippen LogP contribution in [-0.2, 0) is 13.1 Å². The first-order valence-electron chi connectivity index (χ1n) is 7.16. The zero-order valence-electron chi connectivity index (χ0n) is 10.7. The fourth-order valence-corrected chi connectivity index (χ4v) is 4.30. The molecule has 3 aliphatic rings. The lowest BCUT2D eigenvalue weighted by molar-refractivity contribution is 0.145. The second kappa shape index (κ2) is 4.03. The lowest BCUT2D eigenvalue weighted by Crippen LogP contribution is -2.45. The summed E-state index contributed by atoms with van der Waals surface area (Å²) in [4.78, 5) is 2.52. The molecule has 98 valence electrons. The van der Waals surface area contributed by atoms with Gasteiger partial charge in [-0.05, 0) is 37.0 Å². The van der Waals surface area contributed by atoms with Crippen molar-refractivity contribution in [2.45, 2.75) is 38.4 Å². The molecule has 1 aliphatic heterocycles. The Morgan fingerprint density at radius 3 is 3.00 bits per heavy atom. The molecular weight excluding hydrogens is 226 g/mol. The fraction of sp³-hybridized carbons (Fsp3) is 0.846. The van der Waals surface area contributed by atoms with Gasteiger partial charge in [-0.15, -0.1) is 10.2 Å². The molecule has 2 fully saturated rings. The van der Waals surface area contributed by atoms with Crippen molar-refractivity contribution in [1.82, 2.24) is 19.7 Å². The van der Waals surface area contributed by atoms with Gasteiger partial charge in [0, 0.05) is 25.7 Å². The van der Waals surface area contributed by atoms with Crippen LogP contribution in [0.5, 0.6) is 0 Å². The van der Waals surface area contributed by atoms with E-state index in [0.29, 0.717) is 6.04 Å². The largest absolute Gasteiger partial charge is 0.327 e. The quantitative estimate of drug-likeness (QED) is 0.825. The van der Waals surface area contributed by atoms with Gasteiger partial charge in [0.2, 0.25) is 0 Å². The highest BCUT2D eigenvalue weighted by Gasteiger charge is 2.46. The van der Waals surface area contributed by atoms with E-state index in [1.165, 1.54) is 19.3 Å². The first-order valence-corrected chi connectivity index (χ1v) is 7.16. The predicted octanol–water partition coefficient (Wildman–Crippen LogP) is 0.467. The van der Waals surface area contributed by atoms with E-state index in [2.05, 4.69) is 19.7 Å². The van der Waals surface area contributed by atoms with Crippen molar-refractivity contribution < 1.29 is 0 Å². The van der Waals surface area contributed by atoms with Crippen molar-refractivity contribution in [1.29, 1.82) is 0 Å². The monoisotopic (exact) mass is 247 g/mol. The van der Waals surface area contributed by atoms with Crippen molar-refractivity contribution in [3.05, 3.63) is 12.2 Å². The second-order valence-corrected chi connectivity index (χ2v) is 6.25. The summed E-state index contributed by atoms with van der Waals surface area (Å²) in [5.41, 5.74) is 6.40. The maximum absolute atomic E-state index is 6.40. The minimum atomic E-state index is 0.448. The Bertz CT molecular complexity index is 440. The molecule has 0 radical (unpaired) electrons. The summed E-state index contributed by atoms with van der Waals surface area (Å²) < 4.78 is 2.16. The SMILES string of the molecule is NC1C2CCC(C2)C1CN1CCn2cnnc2C1. The molecule has 0 saturated heterocycles. The van der Waals surface area contributed by atoms with Crippen LogP contribution in [0.1, 0.15) is 25.1 Å². The molecule has 2 saturated carbocycles. The molecule has 4 rings (SSSR count). The number of rotatable bonds is 2. The first kappa shape index (κ1) is 10.9. The number of nitrogens with two attached hydrogens (primary N) is 1. The van der Waals surface area contributed by atoms with Gasteiger partial charge in [-0.3, -0.25) is 4.90 Å². The maximum atomic E-state index is 6.40. The van der Waals surface area contributed by atoms with Gasteiger partial charge >= 0.3 is 0 Å². The van der Waals surface area contributed by atoms with Gasteiger partial charge in [0.1, 0.15) is 12.2 Å². The molecule has 0 amide bonds. The fourth-order valence-electron chi connectivity index (χ4n) is 4.30. The van der Waals surface area contributed by atoms with E-state index >= 15 is 0 Å². The molecule has 2 bridgehead atoms. The number of hydrogen-bond acceptors (Lipinski definition) is 4. The van der Waals surface area contributed by atoms with Gasteiger partial charge in [-0.25, -0.2) is 0 Å². The minimum Gasteiger partial charge on any atom is -0.327 e. The summed E-state index contributed by atoms with van der Waals surface area (Å²) >= 11 is 0. The van der Waals surface area contributed by atoms with Crippen molar-refractivity contribution >= 4 is 0 Å². The van der Waals surface area contributed by atoms with E-state index in [4.69, 9.17) is 5.73 Å². The van der Waals surface area contributed by atoms with Crippen molar-refractivity contribution in [2.24, 2.45) is 23.5 Å². The molecule has 5 nitrogen and oxygen atoms in total. The molecule has 4 atom stereocenters. The molecule has 2 N–H and O–H groups in total. The Labute approximate surface area is 107 Å². The van der Waals surface area contributed by atoms with E-state index in [0.717, 1.165) is 49.8 Å². The third-order valence-corrected chi connectivity index (χ3v) is 5.34. The number of fused-ring (bicyclic) bond motifs is 3. The van der Waals surface area contributed by atoms with Crippen LogP contribution < -0.4 is 5.73 Å². The van der Waals surface area contributed by atoms with Gasteiger partial charge in [-0.2, -0.15) is 0 Å². The van der Waals surface area contributed by atoms with Crippen LogP contribution >= 0.6 is 0 Å². The van der Waals surface area contributed by atoms with Crippen LogP contribution in [0.2, 0.25) is 0 Å². The summed E-state index contributed by atoms with van der Waals surface area (Å²) in [7, 11) is 0. The lowest BCUT2D eigenvalue weighted by Gasteiger charge is -2.35. The lowest BCUT2D eigenvalue weighted by atomic mass is 9.84. The highest BCUT2D eigenvalue weighted by molar-refractivity contribution is 5.00. The molecule has 5 heteroatoms. The summed E-state index contributed by atoms with van der Waals surface area (Å²) in [6, 6.07) is 0.448. The normalized spacial score (nSPS) is 39.2. The van der Waals surface area contributed by atoms with Crippen LogP contribution in [0, 0.1) is 17.8 Å². The van der Waals surface area contributed by atoms with E-state index in [1.54, 1.807) is 0 Å². The summed E-state index contributed by atoms with van der Waals surface area (Å²) in [6.07, 6.45) is 6.01. The molecule has 18 heavy (non-hydrogen) atoms. The molecule has 1 aromatic rings. The molecule has 1 aromatic heterocycles. The standard InChI is InChI=1S/C13H21N5/c14-13-10-2-1-9(5-10)11(13)6-17-3-4-18-8-15-16-12(18)7-17/h8-11,13H,1-7,14H2. The van der Waals surface area contributed by atoms with Gasteiger partial charge in [0.25, 0.3) is 0 Å². The van der Waals surface area contributed by atoms with Crippen LogP contribution in [-0.4, -0.2) is 38.8 Å². The molecule has 0 aromatic carbocycles. The highest BCUT2D eigenvalue weighted by atomic mass is 15.3. The van der Waals surface area contributed by atoms with Crippen molar-refractivity contribution in [3.63, 3.8) is 0 Å². The maximum Gasteiger partial charge on any atom is 0.147 e. The van der Waals surface area contributed by atoms with Gasteiger partial charge in [-0.1, -0.05) is 0 Å². The third-order valence-electron chi connectivity index (χ3n) is 5.34. The third kappa shape index (κ3) is 1.61. The number of aromatic nitrogens is 3. The smallest absolute Gasteiger partial charge is 0.147 e. The van der Waals surface area contributed by atoms with Crippen LogP contribution in [0.4, 0.5) is 0 Å². The van der Waals surface area contributed by atoms with Gasteiger partial charge in [0.15, 0.2) is 0 Å². The summed E-state index contributed by atoms with van der Waals surface area (Å²) in [5.74, 6) is 3.54. The predicted molar refractivity (Wildman–Crippen MR) is 67.6 cm³/mol. The van der Waals surface area contributed by atoms with Crippen LogP contribution in [0.3, 0.4) is 0 Å². The Kier molecular flexibility index (Phi) is 2.45. The van der Waals surface area contributed by atoms with Crippen LogP contribution in [0.25, 0.3) is 0 Å². The van der Waals surface area contributed by atoms with Crippen molar-refractivity contribution in [2.75, 3.05) is 13.1 Å². The number of hydrogen-bond donors (Lipinski definition) is 1. The average molecular weight is 247 g/mol. The van der Waals surface area contributed by atoms with E-state index in [1.807, 2.05) is 6.33 Å². The van der Waals surface area contributed by atoms with Gasteiger partial charge in [0.05, 0.1) is 6.54 Å². The topological polar surface area (TPSA) is 60.0 Å². The summed E-state index contributed by atoms with van der Waals surface area (Å²) in [6.45, 7) is 4.25. The minimum absolute atomic E-state index is 0.448. The molecule has 2 heterocycles. The van der Waals surface area contributed by atoms with E-state index in [9.17, 15) is 0 Å². The van der Waals surface area contributed by atoms with E-state index < -0.39 is 0 Å². The zero-order chi connectivity index (χ0) is 12.1. The number of nitrogens with zero attached hydrogens (tertiary/aromatic N) is 4. The second-order valence-electron chi connectivity index (χ2n) is 6.25. The first-order chi connectivity index (χ1) is 8.81. The molecule has 4 unspecified atom stereocenters. The van der Waals surface area contributed by atoms with Crippen molar-refractivity contribution in [3.8, 4) is 0 Å². The van der Waals surface area contributed by atoms with Gasteiger partial charge < -0.3 is 10.3 Å². The Balaban J connectivity index is 1.44. The van der Waals surface area contributed by atoms with Crippen LogP contribution in [0.15, 0.2) is 6.33 Å². The zero-order valence-corrected chi connectivity index (χ0v) is 10.7.